The van der Waals surface area contributed by atoms with Crippen LogP contribution in [0.1, 0.15) is 20.8 Å². The van der Waals surface area contributed by atoms with Crippen molar-refractivity contribution in [2.24, 2.45) is 0 Å². The van der Waals surface area contributed by atoms with E-state index in [2.05, 4.69) is 6.07 Å². The molecule has 0 spiro atoms. The molecule has 0 atom stereocenters. The number of aliphatic hydroxyl groups is 1. The zero-order valence-electron chi connectivity index (χ0n) is 16.6. The first-order valence-corrected chi connectivity index (χ1v) is 9.93. The van der Waals surface area contributed by atoms with Crippen LogP contribution in [0.2, 0.25) is 0 Å². The number of amides is 1. The second-order valence-electron chi connectivity index (χ2n) is 7.47. The van der Waals surface area contributed by atoms with Gasteiger partial charge in [-0.15, -0.1) is 11.3 Å². The summed E-state index contributed by atoms with van der Waals surface area (Å²) in [7, 11) is 1.70. The topological polar surface area (TPSA) is 59.0 Å². The zero-order chi connectivity index (χ0) is 20.3. The first-order valence-electron chi connectivity index (χ1n) is 9.11. The largest absolute Gasteiger partial charge is 0.491 e. The number of nitrogens with zero attached hydrogens (tertiary/aromatic N) is 1. The number of fused-ring (bicyclic) bond motifs is 1. The van der Waals surface area contributed by atoms with Crippen LogP contribution in [-0.2, 0) is 4.74 Å². The quantitative estimate of drug-likeness (QED) is 0.632. The number of carbonyl (C=O) groups excluding carboxylic acids is 1. The molecule has 0 saturated carbocycles. The highest BCUT2D eigenvalue weighted by molar-refractivity contribution is 7.22. The minimum absolute atomic E-state index is 0.00216. The van der Waals surface area contributed by atoms with Gasteiger partial charge in [0.15, 0.2) is 0 Å². The summed E-state index contributed by atoms with van der Waals surface area (Å²) in [6, 6.07) is 15.9. The van der Waals surface area contributed by atoms with Gasteiger partial charge in [0, 0.05) is 22.3 Å². The van der Waals surface area contributed by atoms with Crippen LogP contribution in [0.5, 0.6) is 5.75 Å². The Bertz CT molecular complexity index is 957. The van der Waals surface area contributed by atoms with Gasteiger partial charge in [0.05, 0.1) is 6.61 Å². The van der Waals surface area contributed by atoms with E-state index in [1.54, 1.807) is 18.4 Å². The number of hydrogen-bond acceptors (Lipinski definition) is 5. The Morgan fingerprint density at radius 2 is 1.82 bits per heavy atom. The Morgan fingerprint density at radius 1 is 1.11 bits per heavy atom. The summed E-state index contributed by atoms with van der Waals surface area (Å²) in [6.45, 7) is 5.84. The van der Waals surface area contributed by atoms with Crippen molar-refractivity contribution in [2.45, 2.75) is 26.4 Å². The van der Waals surface area contributed by atoms with Crippen molar-refractivity contribution in [2.75, 3.05) is 25.2 Å². The Kier molecular flexibility index (Phi) is 5.91. The van der Waals surface area contributed by atoms with E-state index >= 15 is 0 Å². The molecular formula is C22H25NO4S. The molecule has 0 radical (unpaired) electrons. The third kappa shape index (κ3) is 4.82. The Balaban J connectivity index is 1.78. The van der Waals surface area contributed by atoms with Crippen LogP contribution in [0.3, 0.4) is 0 Å². The molecule has 0 aliphatic carbocycles. The molecule has 0 aliphatic rings. The molecular weight excluding hydrogens is 374 g/mol. The fraction of sp³-hybridized carbons (Fsp3) is 0.318. The lowest BCUT2D eigenvalue weighted by Crippen LogP contribution is -2.34. The van der Waals surface area contributed by atoms with Gasteiger partial charge in [-0.25, -0.2) is 4.79 Å². The van der Waals surface area contributed by atoms with Gasteiger partial charge in [0.1, 0.15) is 18.0 Å². The maximum atomic E-state index is 12.2. The summed E-state index contributed by atoms with van der Waals surface area (Å²) in [4.78, 5) is 14.9. The van der Waals surface area contributed by atoms with Crippen LogP contribution >= 0.6 is 11.3 Å². The highest BCUT2D eigenvalue weighted by Gasteiger charge is 2.20. The van der Waals surface area contributed by atoms with E-state index in [4.69, 9.17) is 14.6 Å². The van der Waals surface area contributed by atoms with Gasteiger partial charge in [-0.1, -0.05) is 12.1 Å². The summed E-state index contributed by atoms with van der Waals surface area (Å²) in [6.07, 6.45) is -0.377. The average Bonchev–Trinajstić information content (AvgIpc) is 3.08. The molecule has 1 N–H and O–H groups in total. The van der Waals surface area contributed by atoms with Gasteiger partial charge >= 0.3 is 6.09 Å². The number of rotatable bonds is 5. The third-order valence-electron chi connectivity index (χ3n) is 4.06. The standard InChI is InChI=1S/C22H25NO4S/c1-22(2,3)27-21(25)23(4)17-8-5-15(6-9-17)19-13-16-7-10-18(26-12-11-24)14-20(16)28-19/h5-10,13-14,24H,11-12H2,1-4H3. The summed E-state index contributed by atoms with van der Waals surface area (Å²) >= 11 is 1.68. The van der Waals surface area contributed by atoms with Gasteiger partial charge in [-0.3, -0.25) is 4.90 Å². The number of benzene rings is 2. The van der Waals surface area contributed by atoms with E-state index in [-0.39, 0.29) is 19.3 Å². The van der Waals surface area contributed by atoms with Crippen LogP contribution in [-0.4, -0.2) is 37.1 Å². The molecule has 1 aromatic heterocycles. The van der Waals surface area contributed by atoms with Crippen molar-refractivity contribution >= 4 is 33.2 Å². The highest BCUT2D eigenvalue weighted by atomic mass is 32.1. The summed E-state index contributed by atoms with van der Waals surface area (Å²) in [5.41, 5.74) is 1.33. The van der Waals surface area contributed by atoms with E-state index in [1.165, 1.54) is 4.90 Å². The normalized spacial score (nSPS) is 11.5. The van der Waals surface area contributed by atoms with Gasteiger partial charge in [-0.2, -0.15) is 0 Å². The van der Waals surface area contributed by atoms with Crippen molar-refractivity contribution in [1.82, 2.24) is 0 Å². The molecule has 0 unspecified atom stereocenters. The lowest BCUT2D eigenvalue weighted by Gasteiger charge is -2.24. The number of carbonyl (C=O) groups is 1. The Hall–Kier alpha value is -2.57. The van der Waals surface area contributed by atoms with Crippen molar-refractivity contribution in [1.29, 1.82) is 0 Å². The number of anilines is 1. The minimum Gasteiger partial charge on any atom is -0.491 e. The predicted molar refractivity (Wildman–Crippen MR) is 114 cm³/mol. The maximum absolute atomic E-state index is 12.2. The number of hydrogen-bond donors (Lipinski definition) is 1. The molecule has 148 valence electrons. The fourth-order valence-corrected chi connectivity index (χ4v) is 3.79. The van der Waals surface area contributed by atoms with Crippen LogP contribution < -0.4 is 9.64 Å². The molecule has 1 amide bonds. The fourth-order valence-electron chi connectivity index (χ4n) is 2.69. The van der Waals surface area contributed by atoms with E-state index in [0.717, 1.165) is 32.0 Å². The van der Waals surface area contributed by atoms with E-state index in [1.807, 2.05) is 63.2 Å². The molecule has 0 bridgehead atoms. The van der Waals surface area contributed by atoms with Crippen LogP contribution in [0, 0.1) is 0 Å². The van der Waals surface area contributed by atoms with Gasteiger partial charge in [0.25, 0.3) is 0 Å². The molecule has 28 heavy (non-hydrogen) atoms. The molecule has 5 nitrogen and oxygen atoms in total. The third-order valence-corrected chi connectivity index (χ3v) is 5.20. The van der Waals surface area contributed by atoms with Gasteiger partial charge in [-0.05, 0) is 68.1 Å². The molecule has 6 heteroatoms. The smallest absolute Gasteiger partial charge is 0.414 e. The van der Waals surface area contributed by atoms with Crippen LogP contribution in [0.4, 0.5) is 10.5 Å². The molecule has 0 saturated heterocycles. The lowest BCUT2D eigenvalue weighted by molar-refractivity contribution is 0.0589. The highest BCUT2D eigenvalue weighted by Crippen LogP contribution is 2.36. The predicted octanol–water partition coefficient (Wildman–Crippen LogP) is 5.31. The molecule has 3 rings (SSSR count). The maximum Gasteiger partial charge on any atom is 0.414 e. The second-order valence-corrected chi connectivity index (χ2v) is 8.55. The number of aliphatic hydroxyl groups excluding tert-OH is 1. The number of thiophene rings is 1. The monoisotopic (exact) mass is 399 g/mol. The Labute approximate surface area is 169 Å². The van der Waals surface area contributed by atoms with Gasteiger partial charge in [0.2, 0.25) is 0 Å². The molecule has 2 aromatic carbocycles. The van der Waals surface area contributed by atoms with Crippen molar-refractivity contribution in [3.05, 3.63) is 48.5 Å². The lowest BCUT2D eigenvalue weighted by atomic mass is 10.1. The van der Waals surface area contributed by atoms with Crippen molar-refractivity contribution < 1.29 is 19.4 Å². The van der Waals surface area contributed by atoms with Crippen molar-refractivity contribution in [3.63, 3.8) is 0 Å². The number of ether oxygens (including phenoxy) is 2. The minimum atomic E-state index is -0.526. The van der Waals surface area contributed by atoms with E-state index < -0.39 is 5.60 Å². The molecule has 0 aliphatic heterocycles. The first-order chi connectivity index (χ1) is 13.3. The molecule has 0 fully saturated rings. The summed E-state index contributed by atoms with van der Waals surface area (Å²) < 4.78 is 12.0. The molecule has 1 heterocycles. The van der Waals surface area contributed by atoms with E-state index in [9.17, 15) is 4.79 Å². The average molecular weight is 400 g/mol. The van der Waals surface area contributed by atoms with Crippen LogP contribution in [0.25, 0.3) is 20.5 Å². The molecule has 3 aromatic rings. The summed E-state index contributed by atoms with van der Waals surface area (Å²) in [5, 5.41) is 10.0. The van der Waals surface area contributed by atoms with Crippen LogP contribution in [0.15, 0.2) is 48.5 Å². The van der Waals surface area contributed by atoms with Crippen molar-refractivity contribution in [3.8, 4) is 16.2 Å². The van der Waals surface area contributed by atoms with Gasteiger partial charge < -0.3 is 14.6 Å². The zero-order valence-corrected chi connectivity index (χ0v) is 17.4. The Morgan fingerprint density at radius 3 is 2.46 bits per heavy atom. The SMILES string of the molecule is CN(C(=O)OC(C)(C)C)c1ccc(-c2cc3ccc(OCCO)cc3s2)cc1. The second kappa shape index (κ2) is 8.20. The van der Waals surface area contributed by atoms with E-state index in [0.29, 0.717) is 0 Å². The summed E-state index contributed by atoms with van der Waals surface area (Å²) in [5.74, 6) is 0.754. The first kappa shape index (κ1) is 20.2.